The molecule has 14 heavy (non-hydrogen) atoms. The summed E-state index contributed by atoms with van der Waals surface area (Å²) in [5.74, 6) is 2.59. The average molecular weight is 216 g/mol. The van der Waals surface area contributed by atoms with Crippen LogP contribution in [0, 0.1) is 0 Å². The van der Waals surface area contributed by atoms with E-state index in [1.54, 1.807) is 0 Å². The summed E-state index contributed by atoms with van der Waals surface area (Å²) >= 11 is 2.08. The number of hydrogen-bond acceptors (Lipinski definition) is 3. The van der Waals surface area contributed by atoms with Crippen molar-refractivity contribution in [2.75, 3.05) is 31.1 Å². The quantitative estimate of drug-likeness (QED) is 0.771. The summed E-state index contributed by atoms with van der Waals surface area (Å²) in [4.78, 5) is 2.61. The Morgan fingerprint density at radius 1 is 1.50 bits per heavy atom. The van der Waals surface area contributed by atoms with E-state index in [9.17, 15) is 0 Å². The summed E-state index contributed by atoms with van der Waals surface area (Å²) in [5, 5.41) is 3.54. The van der Waals surface area contributed by atoms with Gasteiger partial charge in [0.25, 0.3) is 0 Å². The lowest BCUT2D eigenvalue weighted by Gasteiger charge is -2.39. The van der Waals surface area contributed by atoms with Gasteiger partial charge in [0.1, 0.15) is 0 Å². The van der Waals surface area contributed by atoms with Crippen LogP contribution in [0.3, 0.4) is 0 Å². The van der Waals surface area contributed by atoms with Crippen molar-refractivity contribution in [3.8, 4) is 0 Å². The standard InChI is InChI=1S/C11H24N2S/c1-5-12-11(3,4)9-13-6-7-14-8-10(13)2/h10,12H,5-9H2,1-4H3. The number of hydrogen-bond donors (Lipinski definition) is 1. The zero-order valence-electron chi connectivity index (χ0n) is 9.97. The molecule has 1 aliphatic rings. The lowest BCUT2D eigenvalue weighted by Crippen LogP contribution is -2.53. The third-order valence-corrected chi connectivity index (χ3v) is 3.95. The number of rotatable bonds is 4. The first-order valence-electron chi connectivity index (χ1n) is 5.62. The Labute approximate surface area is 92.8 Å². The van der Waals surface area contributed by atoms with Gasteiger partial charge in [0.2, 0.25) is 0 Å². The summed E-state index contributed by atoms with van der Waals surface area (Å²) < 4.78 is 0. The van der Waals surface area contributed by atoms with Crippen LogP contribution < -0.4 is 5.32 Å². The van der Waals surface area contributed by atoms with E-state index in [2.05, 4.69) is 49.7 Å². The van der Waals surface area contributed by atoms with Crippen LogP contribution in [0.25, 0.3) is 0 Å². The predicted molar refractivity (Wildman–Crippen MR) is 66.1 cm³/mol. The van der Waals surface area contributed by atoms with Gasteiger partial charge < -0.3 is 5.32 Å². The van der Waals surface area contributed by atoms with E-state index in [1.807, 2.05) is 0 Å². The van der Waals surface area contributed by atoms with Gasteiger partial charge in [-0.25, -0.2) is 0 Å². The molecule has 0 spiro atoms. The van der Waals surface area contributed by atoms with Crippen molar-refractivity contribution in [2.45, 2.75) is 39.3 Å². The van der Waals surface area contributed by atoms with E-state index in [0.29, 0.717) is 0 Å². The molecule has 0 aliphatic carbocycles. The molecule has 1 rings (SSSR count). The number of thioether (sulfide) groups is 1. The van der Waals surface area contributed by atoms with Gasteiger partial charge in [-0.05, 0) is 27.3 Å². The zero-order valence-corrected chi connectivity index (χ0v) is 10.8. The van der Waals surface area contributed by atoms with E-state index < -0.39 is 0 Å². The lowest BCUT2D eigenvalue weighted by atomic mass is 10.0. The van der Waals surface area contributed by atoms with Crippen molar-refractivity contribution in [3.63, 3.8) is 0 Å². The van der Waals surface area contributed by atoms with Gasteiger partial charge >= 0.3 is 0 Å². The largest absolute Gasteiger partial charge is 0.311 e. The SMILES string of the molecule is CCNC(C)(C)CN1CCSCC1C. The van der Waals surface area contributed by atoms with E-state index in [-0.39, 0.29) is 5.54 Å². The van der Waals surface area contributed by atoms with Crippen LogP contribution in [0.2, 0.25) is 0 Å². The molecule has 2 nitrogen and oxygen atoms in total. The molecular weight excluding hydrogens is 192 g/mol. The van der Waals surface area contributed by atoms with Crippen LogP contribution in [-0.4, -0.2) is 47.6 Å². The summed E-state index contributed by atoms with van der Waals surface area (Å²) in [7, 11) is 0. The third-order valence-electron chi connectivity index (χ3n) is 2.76. The van der Waals surface area contributed by atoms with Crippen LogP contribution in [0.4, 0.5) is 0 Å². The summed E-state index contributed by atoms with van der Waals surface area (Å²) in [6.07, 6.45) is 0. The molecule has 3 heteroatoms. The predicted octanol–water partition coefficient (Wildman–Crippen LogP) is 1.81. The molecule has 1 heterocycles. The molecule has 0 aromatic rings. The summed E-state index contributed by atoms with van der Waals surface area (Å²) in [5.41, 5.74) is 0.255. The van der Waals surface area contributed by atoms with Crippen molar-refractivity contribution < 1.29 is 0 Å². The van der Waals surface area contributed by atoms with Gasteiger partial charge in [0.05, 0.1) is 0 Å². The minimum absolute atomic E-state index is 0.255. The highest BCUT2D eigenvalue weighted by atomic mass is 32.2. The van der Waals surface area contributed by atoms with Crippen molar-refractivity contribution in [1.29, 1.82) is 0 Å². The maximum absolute atomic E-state index is 3.54. The average Bonchev–Trinajstić information content (AvgIpc) is 2.08. The normalized spacial score (nSPS) is 25.3. The van der Waals surface area contributed by atoms with Gasteiger partial charge in [-0.1, -0.05) is 6.92 Å². The monoisotopic (exact) mass is 216 g/mol. The minimum atomic E-state index is 0.255. The molecule has 0 aromatic heterocycles. The lowest BCUT2D eigenvalue weighted by molar-refractivity contribution is 0.173. The fourth-order valence-electron chi connectivity index (χ4n) is 2.04. The van der Waals surface area contributed by atoms with E-state index >= 15 is 0 Å². The van der Waals surface area contributed by atoms with E-state index in [0.717, 1.165) is 12.6 Å². The smallest absolute Gasteiger partial charge is 0.0252 e. The fourth-order valence-corrected chi connectivity index (χ4v) is 3.12. The highest BCUT2D eigenvalue weighted by Crippen LogP contribution is 2.18. The Morgan fingerprint density at radius 3 is 2.79 bits per heavy atom. The fraction of sp³-hybridized carbons (Fsp3) is 1.00. The second kappa shape index (κ2) is 5.38. The van der Waals surface area contributed by atoms with Crippen LogP contribution >= 0.6 is 11.8 Å². The molecule has 84 valence electrons. The van der Waals surface area contributed by atoms with Gasteiger partial charge in [-0.2, -0.15) is 11.8 Å². The Morgan fingerprint density at radius 2 is 2.21 bits per heavy atom. The number of nitrogens with one attached hydrogen (secondary N) is 1. The molecule has 1 aliphatic heterocycles. The first-order valence-corrected chi connectivity index (χ1v) is 6.77. The molecule has 1 saturated heterocycles. The van der Waals surface area contributed by atoms with E-state index in [1.165, 1.54) is 24.6 Å². The minimum Gasteiger partial charge on any atom is -0.311 e. The van der Waals surface area contributed by atoms with Gasteiger partial charge in [0.15, 0.2) is 0 Å². The molecule has 0 aromatic carbocycles. The van der Waals surface area contributed by atoms with Crippen molar-refractivity contribution in [3.05, 3.63) is 0 Å². The Bertz CT molecular complexity index is 171. The maximum Gasteiger partial charge on any atom is 0.0252 e. The first kappa shape index (κ1) is 12.3. The van der Waals surface area contributed by atoms with Crippen LogP contribution in [0.15, 0.2) is 0 Å². The van der Waals surface area contributed by atoms with Gasteiger partial charge in [0, 0.05) is 36.2 Å². The topological polar surface area (TPSA) is 15.3 Å². The maximum atomic E-state index is 3.54. The third kappa shape index (κ3) is 3.79. The van der Waals surface area contributed by atoms with Gasteiger partial charge in [-0.15, -0.1) is 0 Å². The molecule has 0 saturated carbocycles. The second-order valence-corrected chi connectivity index (χ2v) is 5.96. The molecule has 0 amide bonds. The summed E-state index contributed by atoms with van der Waals surface area (Å²) in [6.45, 7) is 12.6. The van der Waals surface area contributed by atoms with Crippen molar-refractivity contribution in [1.82, 2.24) is 10.2 Å². The van der Waals surface area contributed by atoms with Crippen LogP contribution in [0.5, 0.6) is 0 Å². The van der Waals surface area contributed by atoms with Crippen LogP contribution in [-0.2, 0) is 0 Å². The number of nitrogens with zero attached hydrogens (tertiary/aromatic N) is 1. The highest BCUT2D eigenvalue weighted by Gasteiger charge is 2.25. The van der Waals surface area contributed by atoms with Gasteiger partial charge in [-0.3, -0.25) is 4.90 Å². The van der Waals surface area contributed by atoms with E-state index in [4.69, 9.17) is 0 Å². The molecule has 0 radical (unpaired) electrons. The second-order valence-electron chi connectivity index (χ2n) is 4.81. The summed E-state index contributed by atoms with van der Waals surface area (Å²) in [6, 6.07) is 0.742. The molecule has 1 atom stereocenters. The molecular formula is C11H24N2S. The van der Waals surface area contributed by atoms with Crippen molar-refractivity contribution in [2.24, 2.45) is 0 Å². The molecule has 0 bridgehead atoms. The molecule has 1 fully saturated rings. The van der Waals surface area contributed by atoms with Crippen LogP contribution in [0.1, 0.15) is 27.7 Å². The highest BCUT2D eigenvalue weighted by molar-refractivity contribution is 7.99. The molecule has 1 unspecified atom stereocenters. The zero-order chi connectivity index (χ0) is 10.6. The Kier molecular flexibility index (Phi) is 4.74. The Hall–Kier alpha value is 0.270. The van der Waals surface area contributed by atoms with Crippen molar-refractivity contribution >= 4 is 11.8 Å². The first-order chi connectivity index (χ1) is 6.55. The number of likely N-dealkylation sites (N-methyl/N-ethyl adjacent to an activating group) is 1. The molecule has 1 N–H and O–H groups in total. The Balaban J connectivity index is 2.40.